The molecular formula is C13H24N2O2. The summed E-state index contributed by atoms with van der Waals surface area (Å²) in [6, 6.07) is 0. The molecule has 1 saturated heterocycles. The molecule has 1 saturated carbocycles. The maximum absolute atomic E-state index is 12.0. The predicted octanol–water partition coefficient (Wildman–Crippen LogP) is 0.919. The van der Waals surface area contributed by atoms with Crippen molar-refractivity contribution in [2.24, 2.45) is 11.3 Å². The van der Waals surface area contributed by atoms with Gasteiger partial charge in [-0.1, -0.05) is 0 Å². The van der Waals surface area contributed by atoms with Crippen LogP contribution < -0.4 is 10.6 Å². The van der Waals surface area contributed by atoms with Gasteiger partial charge in [-0.2, -0.15) is 0 Å². The SMILES string of the molecule is COCCC1(CNC(=O)C2CCCNC2)CC1. The molecule has 1 aliphatic carbocycles. The minimum Gasteiger partial charge on any atom is -0.385 e. The zero-order valence-electron chi connectivity index (χ0n) is 10.8. The lowest BCUT2D eigenvalue weighted by molar-refractivity contribution is -0.125. The molecule has 0 aromatic heterocycles. The molecule has 17 heavy (non-hydrogen) atoms. The number of ether oxygens (including phenoxy) is 1. The van der Waals surface area contributed by atoms with Crippen LogP contribution in [0.1, 0.15) is 32.1 Å². The van der Waals surface area contributed by atoms with Gasteiger partial charge in [-0.25, -0.2) is 0 Å². The molecule has 0 aromatic carbocycles. The Labute approximate surface area is 103 Å². The number of carbonyl (C=O) groups excluding carboxylic acids is 1. The van der Waals surface area contributed by atoms with Crippen molar-refractivity contribution in [3.8, 4) is 0 Å². The van der Waals surface area contributed by atoms with Crippen LogP contribution in [0.4, 0.5) is 0 Å². The summed E-state index contributed by atoms with van der Waals surface area (Å²) in [5, 5.41) is 6.41. The second kappa shape index (κ2) is 5.83. The Kier molecular flexibility index (Phi) is 4.40. The van der Waals surface area contributed by atoms with Crippen molar-refractivity contribution in [2.45, 2.75) is 32.1 Å². The molecule has 2 fully saturated rings. The highest BCUT2D eigenvalue weighted by molar-refractivity contribution is 5.79. The fraction of sp³-hybridized carbons (Fsp3) is 0.923. The lowest BCUT2D eigenvalue weighted by Gasteiger charge is -2.23. The van der Waals surface area contributed by atoms with Gasteiger partial charge in [0.05, 0.1) is 5.92 Å². The molecule has 4 nitrogen and oxygen atoms in total. The number of piperidine rings is 1. The van der Waals surface area contributed by atoms with E-state index in [0.717, 1.165) is 45.5 Å². The van der Waals surface area contributed by atoms with Crippen molar-refractivity contribution in [2.75, 3.05) is 33.4 Å². The highest BCUT2D eigenvalue weighted by Gasteiger charge is 2.42. The average Bonchev–Trinajstić information content (AvgIpc) is 3.15. The third-order valence-electron chi connectivity index (χ3n) is 4.10. The van der Waals surface area contributed by atoms with Gasteiger partial charge in [0, 0.05) is 26.8 Å². The van der Waals surface area contributed by atoms with Gasteiger partial charge in [0.15, 0.2) is 0 Å². The molecule has 1 unspecified atom stereocenters. The summed E-state index contributed by atoms with van der Waals surface area (Å²) in [4.78, 5) is 12.0. The van der Waals surface area contributed by atoms with Gasteiger partial charge < -0.3 is 15.4 Å². The van der Waals surface area contributed by atoms with E-state index in [1.807, 2.05) is 0 Å². The maximum atomic E-state index is 12.0. The normalized spacial score (nSPS) is 26.5. The van der Waals surface area contributed by atoms with E-state index in [-0.39, 0.29) is 11.8 Å². The molecule has 1 atom stereocenters. The molecule has 2 aliphatic rings. The Morgan fingerprint density at radius 2 is 2.35 bits per heavy atom. The maximum Gasteiger partial charge on any atom is 0.224 e. The van der Waals surface area contributed by atoms with E-state index in [0.29, 0.717) is 5.41 Å². The zero-order valence-corrected chi connectivity index (χ0v) is 10.8. The fourth-order valence-corrected chi connectivity index (χ4v) is 2.51. The van der Waals surface area contributed by atoms with Gasteiger partial charge in [-0.15, -0.1) is 0 Å². The van der Waals surface area contributed by atoms with Crippen molar-refractivity contribution in [3.05, 3.63) is 0 Å². The van der Waals surface area contributed by atoms with E-state index >= 15 is 0 Å². The van der Waals surface area contributed by atoms with E-state index < -0.39 is 0 Å². The molecule has 4 heteroatoms. The van der Waals surface area contributed by atoms with Crippen LogP contribution in [-0.2, 0) is 9.53 Å². The summed E-state index contributed by atoms with van der Waals surface area (Å²) in [5.41, 5.74) is 0.355. The van der Waals surface area contributed by atoms with Crippen molar-refractivity contribution in [1.82, 2.24) is 10.6 Å². The van der Waals surface area contributed by atoms with Crippen molar-refractivity contribution in [1.29, 1.82) is 0 Å². The van der Waals surface area contributed by atoms with Crippen LogP contribution in [0.3, 0.4) is 0 Å². The van der Waals surface area contributed by atoms with Gasteiger partial charge in [0.1, 0.15) is 0 Å². The number of hydrogen-bond acceptors (Lipinski definition) is 3. The van der Waals surface area contributed by atoms with Gasteiger partial charge in [0.25, 0.3) is 0 Å². The van der Waals surface area contributed by atoms with E-state index in [9.17, 15) is 4.79 Å². The first kappa shape index (κ1) is 12.8. The molecule has 98 valence electrons. The van der Waals surface area contributed by atoms with Crippen LogP contribution in [0.2, 0.25) is 0 Å². The van der Waals surface area contributed by atoms with Crippen LogP contribution in [0.5, 0.6) is 0 Å². The first-order valence-electron chi connectivity index (χ1n) is 6.73. The Bertz CT molecular complexity index is 258. The molecule has 1 heterocycles. The molecule has 0 aromatic rings. The first-order chi connectivity index (χ1) is 8.26. The van der Waals surface area contributed by atoms with Gasteiger partial charge in [-0.05, 0) is 44.1 Å². The Morgan fingerprint density at radius 1 is 1.53 bits per heavy atom. The first-order valence-corrected chi connectivity index (χ1v) is 6.73. The largest absolute Gasteiger partial charge is 0.385 e. The number of rotatable bonds is 6. The van der Waals surface area contributed by atoms with E-state index in [1.54, 1.807) is 7.11 Å². The Morgan fingerprint density at radius 3 is 2.94 bits per heavy atom. The lowest BCUT2D eigenvalue weighted by atomic mass is 9.97. The summed E-state index contributed by atoms with van der Waals surface area (Å²) in [6.45, 7) is 3.55. The smallest absolute Gasteiger partial charge is 0.224 e. The van der Waals surface area contributed by atoms with Gasteiger partial charge in [-0.3, -0.25) is 4.79 Å². The molecule has 1 aliphatic heterocycles. The summed E-state index contributed by atoms with van der Waals surface area (Å²) < 4.78 is 5.12. The Balaban J connectivity index is 1.68. The minimum absolute atomic E-state index is 0.182. The number of amides is 1. The monoisotopic (exact) mass is 240 g/mol. The van der Waals surface area contributed by atoms with Crippen molar-refractivity contribution in [3.63, 3.8) is 0 Å². The average molecular weight is 240 g/mol. The predicted molar refractivity (Wildman–Crippen MR) is 66.8 cm³/mol. The summed E-state index contributed by atoms with van der Waals surface area (Å²) in [7, 11) is 1.74. The zero-order chi connectivity index (χ0) is 12.1. The minimum atomic E-state index is 0.182. The molecule has 1 amide bonds. The van der Waals surface area contributed by atoms with E-state index in [1.165, 1.54) is 12.8 Å². The number of methoxy groups -OCH3 is 1. The Hall–Kier alpha value is -0.610. The van der Waals surface area contributed by atoms with Crippen LogP contribution >= 0.6 is 0 Å². The summed E-state index contributed by atoms with van der Waals surface area (Å²) in [5.74, 6) is 0.419. The van der Waals surface area contributed by atoms with E-state index in [2.05, 4.69) is 10.6 Å². The number of carbonyl (C=O) groups is 1. The third kappa shape index (κ3) is 3.68. The highest BCUT2D eigenvalue weighted by atomic mass is 16.5. The lowest BCUT2D eigenvalue weighted by Crippen LogP contribution is -2.42. The number of nitrogens with one attached hydrogen (secondary N) is 2. The highest BCUT2D eigenvalue weighted by Crippen LogP contribution is 2.48. The summed E-state index contributed by atoms with van der Waals surface area (Å²) >= 11 is 0. The fourth-order valence-electron chi connectivity index (χ4n) is 2.51. The molecule has 0 spiro atoms. The van der Waals surface area contributed by atoms with Crippen LogP contribution in [-0.4, -0.2) is 39.3 Å². The third-order valence-corrected chi connectivity index (χ3v) is 4.10. The molecule has 2 N–H and O–H groups in total. The second-order valence-electron chi connectivity index (χ2n) is 5.50. The van der Waals surface area contributed by atoms with Crippen LogP contribution in [0, 0.1) is 11.3 Å². The topological polar surface area (TPSA) is 50.4 Å². The van der Waals surface area contributed by atoms with Crippen molar-refractivity contribution < 1.29 is 9.53 Å². The van der Waals surface area contributed by atoms with Gasteiger partial charge in [0.2, 0.25) is 5.91 Å². The van der Waals surface area contributed by atoms with Crippen LogP contribution in [0.25, 0.3) is 0 Å². The van der Waals surface area contributed by atoms with Gasteiger partial charge >= 0.3 is 0 Å². The van der Waals surface area contributed by atoms with Crippen LogP contribution in [0.15, 0.2) is 0 Å². The van der Waals surface area contributed by atoms with Crippen molar-refractivity contribution >= 4 is 5.91 Å². The second-order valence-corrected chi connectivity index (χ2v) is 5.50. The molecule has 0 radical (unpaired) electrons. The standard InChI is InChI=1S/C13H24N2O2/c1-17-8-6-13(4-5-13)10-15-12(16)11-3-2-7-14-9-11/h11,14H,2-10H2,1H3,(H,15,16). The molecule has 0 bridgehead atoms. The molecular weight excluding hydrogens is 216 g/mol. The quantitative estimate of drug-likeness (QED) is 0.726. The molecule has 2 rings (SSSR count). The van der Waals surface area contributed by atoms with E-state index in [4.69, 9.17) is 4.74 Å². The number of hydrogen-bond donors (Lipinski definition) is 2. The summed E-state index contributed by atoms with van der Waals surface area (Å²) in [6.07, 6.45) is 5.70.